The van der Waals surface area contributed by atoms with E-state index in [9.17, 15) is 9.59 Å². The van der Waals surface area contributed by atoms with E-state index in [0.717, 1.165) is 16.7 Å². The molecule has 1 aliphatic heterocycles. The van der Waals surface area contributed by atoms with Gasteiger partial charge < -0.3 is 9.47 Å². The fraction of sp³-hybridized carbons (Fsp3) is 0.238. The molecule has 0 fully saturated rings. The van der Waals surface area contributed by atoms with Crippen molar-refractivity contribution >= 4 is 12.1 Å². The van der Waals surface area contributed by atoms with E-state index in [2.05, 4.69) is 6.58 Å². The van der Waals surface area contributed by atoms with Crippen molar-refractivity contribution in [1.29, 1.82) is 0 Å². The molecular formula is C21H21NO4. The van der Waals surface area contributed by atoms with E-state index in [-0.39, 0.29) is 6.61 Å². The SMILES string of the molecule is C=C[C@H]1c2ccccc2C[C@@H](C(=O)OC)N1C(=O)OCc1ccccc1. The average molecular weight is 351 g/mol. The molecule has 1 aliphatic rings. The Bertz CT molecular complexity index is 803. The van der Waals surface area contributed by atoms with Gasteiger partial charge in [-0.05, 0) is 16.7 Å². The van der Waals surface area contributed by atoms with E-state index in [1.165, 1.54) is 12.0 Å². The molecule has 0 aliphatic carbocycles. The van der Waals surface area contributed by atoms with Crippen molar-refractivity contribution in [2.24, 2.45) is 0 Å². The first-order valence-corrected chi connectivity index (χ1v) is 8.43. The molecule has 2 aromatic rings. The maximum Gasteiger partial charge on any atom is 0.411 e. The maximum absolute atomic E-state index is 12.8. The summed E-state index contributed by atoms with van der Waals surface area (Å²) in [6, 6.07) is 15.9. The molecule has 2 atom stereocenters. The molecule has 0 spiro atoms. The van der Waals surface area contributed by atoms with E-state index in [0.29, 0.717) is 6.42 Å². The minimum atomic E-state index is -0.749. The van der Waals surface area contributed by atoms with Gasteiger partial charge in [-0.25, -0.2) is 9.59 Å². The number of esters is 1. The standard InChI is InChI=1S/C21H21NO4/c1-3-18-17-12-8-7-11-16(17)13-19(20(23)25-2)22(18)21(24)26-14-15-9-5-4-6-10-15/h3-12,18-19H,1,13-14H2,2H3/t18-,19-/m0/s1. The molecule has 0 bridgehead atoms. The Morgan fingerprint density at radius 1 is 1.15 bits per heavy atom. The van der Waals surface area contributed by atoms with Crippen molar-refractivity contribution in [2.45, 2.75) is 25.1 Å². The Labute approximate surface area is 152 Å². The second-order valence-electron chi connectivity index (χ2n) is 6.07. The van der Waals surface area contributed by atoms with Crippen LogP contribution in [0.25, 0.3) is 0 Å². The second kappa shape index (κ2) is 7.87. The van der Waals surface area contributed by atoms with Gasteiger partial charge in [-0.15, -0.1) is 6.58 Å². The van der Waals surface area contributed by atoms with E-state index < -0.39 is 24.1 Å². The number of hydrogen-bond acceptors (Lipinski definition) is 4. The zero-order valence-corrected chi connectivity index (χ0v) is 14.6. The van der Waals surface area contributed by atoms with Gasteiger partial charge in [0.2, 0.25) is 0 Å². The summed E-state index contributed by atoms with van der Waals surface area (Å²) in [6.07, 6.45) is 1.47. The van der Waals surface area contributed by atoms with Crippen LogP contribution in [0.15, 0.2) is 67.3 Å². The number of amides is 1. The van der Waals surface area contributed by atoms with Crippen molar-refractivity contribution in [3.05, 3.63) is 83.9 Å². The van der Waals surface area contributed by atoms with Crippen LogP contribution in [-0.2, 0) is 27.3 Å². The lowest BCUT2D eigenvalue weighted by molar-refractivity contribution is -0.147. The summed E-state index contributed by atoms with van der Waals surface area (Å²) < 4.78 is 10.4. The number of rotatable bonds is 4. The third-order valence-electron chi connectivity index (χ3n) is 4.53. The number of hydrogen-bond donors (Lipinski definition) is 0. The lowest BCUT2D eigenvalue weighted by Gasteiger charge is -2.39. The number of carbonyl (C=O) groups is 2. The first-order chi connectivity index (χ1) is 12.7. The van der Waals surface area contributed by atoms with E-state index in [1.807, 2.05) is 54.6 Å². The Morgan fingerprint density at radius 2 is 1.85 bits per heavy atom. The third kappa shape index (κ3) is 3.47. The molecule has 26 heavy (non-hydrogen) atoms. The summed E-state index contributed by atoms with van der Waals surface area (Å²) in [5, 5.41) is 0. The lowest BCUT2D eigenvalue weighted by Crippen LogP contribution is -2.51. The molecule has 134 valence electrons. The average Bonchev–Trinajstić information content (AvgIpc) is 2.70. The van der Waals surface area contributed by atoms with Gasteiger partial charge in [0.05, 0.1) is 13.2 Å². The van der Waals surface area contributed by atoms with Crippen LogP contribution in [0.2, 0.25) is 0 Å². The van der Waals surface area contributed by atoms with Crippen LogP contribution in [0, 0.1) is 0 Å². The summed E-state index contributed by atoms with van der Waals surface area (Å²) in [7, 11) is 1.32. The van der Waals surface area contributed by atoms with Crippen LogP contribution in [-0.4, -0.2) is 30.1 Å². The number of benzene rings is 2. The van der Waals surface area contributed by atoms with Gasteiger partial charge in [0, 0.05) is 6.42 Å². The molecule has 5 nitrogen and oxygen atoms in total. The molecule has 0 unspecified atom stereocenters. The second-order valence-corrected chi connectivity index (χ2v) is 6.07. The molecule has 0 saturated heterocycles. The fourth-order valence-corrected chi connectivity index (χ4v) is 3.27. The van der Waals surface area contributed by atoms with Crippen LogP contribution in [0.4, 0.5) is 4.79 Å². The molecule has 3 rings (SSSR count). The van der Waals surface area contributed by atoms with Crippen molar-refractivity contribution in [3.63, 3.8) is 0 Å². The van der Waals surface area contributed by atoms with Crippen LogP contribution < -0.4 is 0 Å². The monoisotopic (exact) mass is 351 g/mol. The highest BCUT2D eigenvalue weighted by atomic mass is 16.6. The summed E-state index contributed by atoms with van der Waals surface area (Å²) in [6.45, 7) is 3.99. The van der Waals surface area contributed by atoms with Gasteiger partial charge in [0.15, 0.2) is 0 Å². The summed E-state index contributed by atoms with van der Waals surface area (Å²) in [5.41, 5.74) is 2.82. The molecule has 0 aromatic heterocycles. The molecule has 1 heterocycles. The lowest BCUT2D eigenvalue weighted by atomic mass is 9.88. The normalized spacial score (nSPS) is 18.6. The van der Waals surface area contributed by atoms with Crippen LogP contribution in [0.5, 0.6) is 0 Å². The minimum Gasteiger partial charge on any atom is -0.467 e. The fourth-order valence-electron chi connectivity index (χ4n) is 3.27. The first kappa shape index (κ1) is 17.7. The molecule has 0 N–H and O–H groups in total. The molecule has 2 aromatic carbocycles. The Morgan fingerprint density at radius 3 is 2.54 bits per heavy atom. The highest BCUT2D eigenvalue weighted by Crippen LogP contribution is 2.35. The number of carbonyl (C=O) groups excluding carboxylic acids is 2. The number of ether oxygens (including phenoxy) is 2. The van der Waals surface area contributed by atoms with Crippen LogP contribution in [0.3, 0.4) is 0 Å². The molecule has 0 saturated carbocycles. The largest absolute Gasteiger partial charge is 0.467 e. The number of fused-ring (bicyclic) bond motifs is 1. The van der Waals surface area contributed by atoms with Crippen LogP contribution >= 0.6 is 0 Å². The minimum absolute atomic E-state index is 0.134. The van der Waals surface area contributed by atoms with Gasteiger partial charge in [-0.1, -0.05) is 60.7 Å². The topological polar surface area (TPSA) is 55.8 Å². The zero-order chi connectivity index (χ0) is 18.5. The van der Waals surface area contributed by atoms with Crippen molar-refractivity contribution < 1.29 is 19.1 Å². The van der Waals surface area contributed by atoms with Gasteiger partial charge in [-0.2, -0.15) is 0 Å². The third-order valence-corrected chi connectivity index (χ3v) is 4.53. The Kier molecular flexibility index (Phi) is 5.37. The quantitative estimate of drug-likeness (QED) is 0.623. The summed E-state index contributed by atoms with van der Waals surface area (Å²) in [5.74, 6) is -0.469. The summed E-state index contributed by atoms with van der Waals surface area (Å²) in [4.78, 5) is 26.6. The highest BCUT2D eigenvalue weighted by molar-refractivity contribution is 5.83. The van der Waals surface area contributed by atoms with Crippen molar-refractivity contribution in [3.8, 4) is 0 Å². The maximum atomic E-state index is 12.8. The molecule has 0 radical (unpaired) electrons. The number of nitrogens with zero attached hydrogens (tertiary/aromatic N) is 1. The van der Waals surface area contributed by atoms with Gasteiger partial charge >= 0.3 is 12.1 Å². The molecule has 1 amide bonds. The van der Waals surface area contributed by atoms with Crippen molar-refractivity contribution in [1.82, 2.24) is 4.90 Å². The Hall–Kier alpha value is -3.08. The van der Waals surface area contributed by atoms with E-state index in [1.54, 1.807) is 6.08 Å². The van der Waals surface area contributed by atoms with Crippen LogP contribution in [0.1, 0.15) is 22.7 Å². The smallest absolute Gasteiger partial charge is 0.411 e. The van der Waals surface area contributed by atoms with E-state index >= 15 is 0 Å². The van der Waals surface area contributed by atoms with Gasteiger partial charge in [0.25, 0.3) is 0 Å². The van der Waals surface area contributed by atoms with Gasteiger partial charge in [0.1, 0.15) is 12.6 Å². The molecule has 5 heteroatoms. The van der Waals surface area contributed by atoms with Gasteiger partial charge in [-0.3, -0.25) is 4.90 Å². The zero-order valence-electron chi connectivity index (χ0n) is 14.6. The Balaban J connectivity index is 1.88. The predicted molar refractivity (Wildman–Crippen MR) is 97.4 cm³/mol. The first-order valence-electron chi connectivity index (χ1n) is 8.43. The molecular weight excluding hydrogens is 330 g/mol. The highest BCUT2D eigenvalue weighted by Gasteiger charge is 2.41. The number of methoxy groups -OCH3 is 1. The van der Waals surface area contributed by atoms with Crippen molar-refractivity contribution in [2.75, 3.05) is 7.11 Å². The summed E-state index contributed by atoms with van der Waals surface area (Å²) >= 11 is 0. The van der Waals surface area contributed by atoms with E-state index in [4.69, 9.17) is 9.47 Å². The predicted octanol–water partition coefficient (Wildman–Crippen LogP) is 3.65.